The molecule has 0 bridgehead atoms. The van der Waals surface area contributed by atoms with Crippen LogP contribution in [0.1, 0.15) is 42.2 Å². The van der Waals surface area contributed by atoms with Crippen LogP contribution < -0.4 is 11.1 Å². The average molecular weight is 390 g/mol. The highest BCUT2D eigenvalue weighted by Crippen LogP contribution is 2.42. The van der Waals surface area contributed by atoms with Gasteiger partial charge in [0.25, 0.3) is 0 Å². The van der Waals surface area contributed by atoms with Crippen LogP contribution in [-0.2, 0) is 0 Å². The molecule has 8 nitrogen and oxygen atoms in total. The first kappa shape index (κ1) is 18.1. The lowest BCUT2D eigenvalue weighted by Crippen LogP contribution is -2.24. The second-order valence-corrected chi connectivity index (χ2v) is 6.47. The van der Waals surface area contributed by atoms with E-state index < -0.39 is 29.0 Å². The molecule has 29 heavy (non-hydrogen) atoms. The summed E-state index contributed by atoms with van der Waals surface area (Å²) in [5.74, 6) is -3.23. The van der Waals surface area contributed by atoms with Gasteiger partial charge in [0.1, 0.15) is 11.5 Å². The largest absolute Gasteiger partial charge is 0.507 e. The van der Waals surface area contributed by atoms with Crippen molar-refractivity contribution in [1.29, 1.82) is 0 Å². The molecule has 0 unspecified atom stereocenters. The highest BCUT2D eigenvalue weighted by Gasteiger charge is 2.37. The van der Waals surface area contributed by atoms with Crippen LogP contribution in [0.2, 0.25) is 0 Å². The third kappa shape index (κ3) is 2.74. The number of fused-ring (bicyclic) bond motifs is 2. The number of carboxylic acid groups (broad SMARTS) is 1. The first-order valence-corrected chi connectivity index (χ1v) is 8.46. The molecular weight excluding hydrogens is 376 g/mol. The van der Waals surface area contributed by atoms with Crippen molar-refractivity contribution in [2.45, 2.75) is 0 Å². The number of phenols is 2. The van der Waals surface area contributed by atoms with Crippen molar-refractivity contribution in [1.82, 2.24) is 0 Å². The Morgan fingerprint density at radius 2 is 1.31 bits per heavy atom. The fourth-order valence-corrected chi connectivity index (χ4v) is 3.35. The standard InChI is InChI=1S/C21H14N2O6/c22-11-5-7-13(24)17-15(11)19(26)16-12(6-8-14(25)18(16)20(17)27)23-10-3-1-9(2-4-10)21(28)29/h1-8,23-25H,22H2,(H,28,29). The Bertz CT molecular complexity index is 1210. The van der Waals surface area contributed by atoms with Crippen LogP contribution in [0.5, 0.6) is 11.5 Å². The SMILES string of the molecule is Nc1ccc(O)c2c1C(=O)c1c(Nc3ccc(C(=O)O)cc3)ccc(O)c1C2=O. The Morgan fingerprint density at radius 3 is 1.93 bits per heavy atom. The summed E-state index contributed by atoms with van der Waals surface area (Å²) in [6.45, 7) is 0. The quantitative estimate of drug-likeness (QED) is 0.265. The molecular formula is C21H14N2O6. The number of carbonyl (C=O) groups is 3. The number of hydrogen-bond acceptors (Lipinski definition) is 7. The van der Waals surface area contributed by atoms with Gasteiger partial charge < -0.3 is 26.4 Å². The molecule has 0 aliphatic heterocycles. The second kappa shape index (κ2) is 6.38. The smallest absolute Gasteiger partial charge is 0.335 e. The van der Waals surface area contributed by atoms with E-state index in [1.165, 1.54) is 48.5 Å². The van der Waals surface area contributed by atoms with E-state index in [1.807, 2.05) is 0 Å². The molecule has 0 heterocycles. The molecule has 1 aliphatic rings. The number of ketones is 2. The van der Waals surface area contributed by atoms with Gasteiger partial charge in [-0.1, -0.05) is 0 Å². The van der Waals surface area contributed by atoms with Crippen LogP contribution in [0.3, 0.4) is 0 Å². The molecule has 0 amide bonds. The summed E-state index contributed by atoms with van der Waals surface area (Å²) in [5.41, 5.74) is 6.00. The lowest BCUT2D eigenvalue weighted by atomic mass is 9.81. The Labute approximate surface area is 163 Å². The Balaban J connectivity index is 1.86. The zero-order chi connectivity index (χ0) is 20.9. The number of nitrogens with two attached hydrogens (primary N) is 1. The van der Waals surface area contributed by atoms with Crippen LogP contribution >= 0.6 is 0 Å². The van der Waals surface area contributed by atoms with Gasteiger partial charge >= 0.3 is 5.97 Å². The molecule has 0 spiro atoms. The van der Waals surface area contributed by atoms with E-state index in [2.05, 4.69) is 5.32 Å². The van der Waals surface area contributed by atoms with Gasteiger partial charge in [0.05, 0.1) is 33.5 Å². The van der Waals surface area contributed by atoms with Crippen molar-refractivity contribution < 1.29 is 29.7 Å². The van der Waals surface area contributed by atoms with Crippen LogP contribution in [-0.4, -0.2) is 32.9 Å². The minimum Gasteiger partial charge on any atom is -0.507 e. The number of anilines is 3. The lowest BCUT2D eigenvalue weighted by Gasteiger charge is -2.23. The first-order chi connectivity index (χ1) is 13.8. The lowest BCUT2D eigenvalue weighted by molar-refractivity contribution is 0.0696. The van der Waals surface area contributed by atoms with Crippen molar-refractivity contribution in [2.75, 3.05) is 11.1 Å². The Kier molecular flexibility index (Phi) is 3.97. The van der Waals surface area contributed by atoms with E-state index in [-0.39, 0.29) is 39.2 Å². The molecule has 0 radical (unpaired) electrons. The Hall–Kier alpha value is -4.33. The predicted octanol–water partition coefficient (Wildman–Crippen LogP) is 2.90. The number of aromatic hydroxyl groups is 2. The molecule has 3 aromatic carbocycles. The molecule has 0 fully saturated rings. The first-order valence-electron chi connectivity index (χ1n) is 8.46. The van der Waals surface area contributed by atoms with E-state index in [1.54, 1.807) is 0 Å². The predicted molar refractivity (Wildman–Crippen MR) is 104 cm³/mol. The number of hydrogen-bond donors (Lipinski definition) is 5. The van der Waals surface area contributed by atoms with Gasteiger partial charge in [-0.2, -0.15) is 0 Å². The number of rotatable bonds is 3. The number of benzene rings is 3. The maximum Gasteiger partial charge on any atom is 0.335 e. The van der Waals surface area contributed by atoms with Gasteiger partial charge in [0.15, 0.2) is 5.78 Å². The molecule has 144 valence electrons. The average Bonchev–Trinajstić information content (AvgIpc) is 2.69. The molecule has 4 rings (SSSR count). The van der Waals surface area contributed by atoms with Crippen LogP contribution in [0.15, 0.2) is 48.5 Å². The van der Waals surface area contributed by atoms with E-state index in [4.69, 9.17) is 10.8 Å². The highest BCUT2D eigenvalue weighted by molar-refractivity contribution is 6.33. The zero-order valence-electron chi connectivity index (χ0n) is 14.8. The van der Waals surface area contributed by atoms with Crippen molar-refractivity contribution >= 4 is 34.6 Å². The molecule has 8 heteroatoms. The van der Waals surface area contributed by atoms with Crippen LogP contribution in [0.25, 0.3) is 0 Å². The summed E-state index contributed by atoms with van der Waals surface area (Å²) in [6.07, 6.45) is 0. The summed E-state index contributed by atoms with van der Waals surface area (Å²) in [4.78, 5) is 37.1. The Morgan fingerprint density at radius 1 is 0.759 bits per heavy atom. The molecule has 0 saturated heterocycles. The molecule has 0 saturated carbocycles. The van der Waals surface area contributed by atoms with Gasteiger partial charge in [-0.3, -0.25) is 9.59 Å². The van der Waals surface area contributed by atoms with E-state index >= 15 is 0 Å². The maximum absolute atomic E-state index is 13.2. The van der Waals surface area contributed by atoms with Crippen molar-refractivity contribution in [3.05, 3.63) is 76.3 Å². The fraction of sp³-hybridized carbons (Fsp3) is 0. The van der Waals surface area contributed by atoms with E-state index in [0.717, 1.165) is 0 Å². The monoisotopic (exact) mass is 390 g/mol. The number of aromatic carboxylic acids is 1. The van der Waals surface area contributed by atoms with Gasteiger partial charge in [-0.15, -0.1) is 0 Å². The van der Waals surface area contributed by atoms with Gasteiger partial charge in [0, 0.05) is 11.4 Å². The summed E-state index contributed by atoms with van der Waals surface area (Å²) in [5, 5.41) is 32.3. The molecule has 0 aromatic heterocycles. The summed E-state index contributed by atoms with van der Waals surface area (Å²) >= 11 is 0. The van der Waals surface area contributed by atoms with Gasteiger partial charge in [-0.05, 0) is 48.5 Å². The number of carboxylic acids is 1. The third-order valence-corrected chi connectivity index (χ3v) is 4.72. The molecule has 6 N–H and O–H groups in total. The molecule has 1 aliphatic carbocycles. The number of carbonyl (C=O) groups excluding carboxylic acids is 2. The second-order valence-electron chi connectivity index (χ2n) is 6.47. The zero-order valence-corrected chi connectivity index (χ0v) is 14.8. The van der Waals surface area contributed by atoms with Gasteiger partial charge in [-0.25, -0.2) is 4.79 Å². The molecule has 3 aromatic rings. The van der Waals surface area contributed by atoms with E-state index in [9.17, 15) is 24.6 Å². The normalized spacial score (nSPS) is 12.3. The van der Waals surface area contributed by atoms with Crippen molar-refractivity contribution in [3.63, 3.8) is 0 Å². The summed E-state index contributed by atoms with van der Waals surface area (Å²) < 4.78 is 0. The number of nitrogens with one attached hydrogen (secondary N) is 1. The van der Waals surface area contributed by atoms with Crippen molar-refractivity contribution in [2.24, 2.45) is 0 Å². The maximum atomic E-state index is 13.2. The minimum absolute atomic E-state index is 0.0295. The fourth-order valence-electron chi connectivity index (χ4n) is 3.35. The van der Waals surface area contributed by atoms with Crippen LogP contribution in [0.4, 0.5) is 17.1 Å². The topological polar surface area (TPSA) is 150 Å². The number of nitrogen functional groups attached to an aromatic ring is 1. The number of phenolic OH excluding ortho intramolecular Hbond substituents is 2. The minimum atomic E-state index is -1.08. The molecule has 0 atom stereocenters. The third-order valence-electron chi connectivity index (χ3n) is 4.72. The summed E-state index contributed by atoms with van der Waals surface area (Å²) in [6, 6.07) is 11.0. The van der Waals surface area contributed by atoms with Crippen LogP contribution in [0, 0.1) is 0 Å². The van der Waals surface area contributed by atoms with E-state index in [0.29, 0.717) is 5.69 Å². The highest BCUT2D eigenvalue weighted by atomic mass is 16.4. The van der Waals surface area contributed by atoms with Gasteiger partial charge in [0.2, 0.25) is 5.78 Å². The van der Waals surface area contributed by atoms with Crippen molar-refractivity contribution in [3.8, 4) is 11.5 Å². The summed E-state index contributed by atoms with van der Waals surface area (Å²) in [7, 11) is 0.